The Morgan fingerprint density at radius 3 is 2.32 bits per heavy atom. The standard InChI is InChI=1S/C15H19N3O/c1-11-3-8-14(18(11)2)15(19)17-10-13-6-4-12(9-16)5-7-13/h3-8H,9-10,16H2,1-2H3,(H,17,19). The van der Waals surface area contributed by atoms with Gasteiger partial charge in [0.1, 0.15) is 5.69 Å². The summed E-state index contributed by atoms with van der Waals surface area (Å²) in [6, 6.07) is 11.7. The van der Waals surface area contributed by atoms with Gasteiger partial charge in [-0.05, 0) is 30.2 Å². The first-order valence-electron chi connectivity index (χ1n) is 6.30. The molecule has 4 nitrogen and oxygen atoms in total. The zero-order chi connectivity index (χ0) is 13.8. The van der Waals surface area contributed by atoms with Gasteiger partial charge in [0.15, 0.2) is 0 Å². The highest BCUT2D eigenvalue weighted by molar-refractivity contribution is 5.92. The van der Waals surface area contributed by atoms with Crippen LogP contribution in [0.15, 0.2) is 36.4 Å². The Labute approximate surface area is 113 Å². The van der Waals surface area contributed by atoms with Gasteiger partial charge in [-0.2, -0.15) is 0 Å². The van der Waals surface area contributed by atoms with E-state index in [9.17, 15) is 4.79 Å². The molecule has 0 fully saturated rings. The summed E-state index contributed by atoms with van der Waals surface area (Å²) in [7, 11) is 1.89. The third-order valence-electron chi connectivity index (χ3n) is 3.32. The number of rotatable bonds is 4. The lowest BCUT2D eigenvalue weighted by atomic mass is 10.1. The minimum atomic E-state index is -0.0569. The van der Waals surface area contributed by atoms with Crippen LogP contribution < -0.4 is 11.1 Å². The van der Waals surface area contributed by atoms with Crippen LogP contribution in [0.4, 0.5) is 0 Å². The molecule has 2 rings (SSSR count). The SMILES string of the molecule is Cc1ccc(C(=O)NCc2ccc(CN)cc2)n1C. The lowest BCUT2D eigenvalue weighted by Gasteiger charge is -2.07. The number of hydrogen-bond donors (Lipinski definition) is 2. The monoisotopic (exact) mass is 257 g/mol. The van der Waals surface area contributed by atoms with Gasteiger partial charge in [0.2, 0.25) is 0 Å². The molecule has 1 aromatic carbocycles. The minimum absolute atomic E-state index is 0.0569. The fourth-order valence-electron chi connectivity index (χ4n) is 1.91. The summed E-state index contributed by atoms with van der Waals surface area (Å²) in [5.74, 6) is -0.0569. The number of nitrogens with two attached hydrogens (primary N) is 1. The van der Waals surface area contributed by atoms with Crippen molar-refractivity contribution < 1.29 is 4.79 Å². The largest absolute Gasteiger partial charge is 0.347 e. The Morgan fingerprint density at radius 2 is 1.79 bits per heavy atom. The van der Waals surface area contributed by atoms with Gasteiger partial charge in [0.25, 0.3) is 5.91 Å². The average molecular weight is 257 g/mol. The Kier molecular flexibility index (Phi) is 4.02. The molecule has 4 heteroatoms. The second-order valence-electron chi connectivity index (χ2n) is 4.62. The molecule has 0 radical (unpaired) electrons. The highest BCUT2D eigenvalue weighted by atomic mass is 16.1. The van der Waals surface area contributed by atoms with Crippen molar-refractivity contribution in [2.45, 2.75) is 20.0 Å². The van der Waals surface area contributed by atoms with E-state index >= 15 is 0 Å². The summed E-state index contributed by atoms with van der Waals surface area (Å²) < 4.78 is 1.88. The van der Waals surface area contributed by atoms with Crippen molar-refractivity contribution in [3.63, 3.8) is 0 Å². The summed E-state index contributed by atoms with van der Waals surface area (Å²) in [5.41, 5.74) is 9.45. The smallest absolute Gasteiger partial charge is 0.268 e. The lowest BCUT2D eigenvalue weighted by Crippen LogP contribution is -2.25. The number of carbonyl (C=O) groups is 1. The molecule has 0 bridgehead atoms. The third kappa shape index (κ3) is 3.03. The molecule has 0 saturated carbocycles. The molecule has 1 heterocycles. The predicted molar refractivity (Wildman–Crippen MR) is 75.7 cm³/mol. The van der Waals surface area contributed by atoms with Crippen LogP contribution in [-0.4, -0.2) is 10.5 Å². The van der Waals surface area contributed by atoms with E-state index in [1.165, 1.54) is 0 Å². The van der Waals surface area contributed by atoms with E-state index in [0.717, 1.165) is 16.8 Å². The second kappa shape index (κ2) is 5.71. The molecular formula is C15H19N3O. The van der Waals surface area contributed by atoms with E-state index in [4.69, 9.17) is 5.73 Å². The third-order valence-corrected chi connectivity index (χ3v) is 3.32. The van der Waals surface area contributed by atoms with Gasteiger partial charge in [-0.15, -0.1) is 0 Å². The van der Waals surface area contributed by atoms with Gasteiger partial charge >= 0.3 is 0 Å². The molecule has 0 unspecified atom stereocenters. The zero-order valence-electron chi connectivity index (χ0n) is 11.3. The average Bonchev–Trinajstić information content (AvgIpc) is 2.77. The highest BCUT2D eigenvalue weighted by Gasteiger charge is 2.10. The molecule has 3 N–H and O–H groups in total. The van der Waals surface area contributed by atoms with Gasteiger partial charge in [-0.1, -0.05) is 24.3 Å². The van der Waals surface area contributed by atoms with E-state index in [2.05, 4.69) is 5.32 Å². The summed E-state index contributed by atoms with van der Waals surface area (Å²) in [6.07, 6.45) is 0. The highest BCUT2D eigenvalue weighted by Crippen LogP contribution is 2.07. The van der Waals surface area contributed by atoms with Gasteiger partial charge in [-0.3, -0.25) is 4.79 Å². The number of aryl methyl sites for hydroxylation is 1. The normalized spacial score (nSPS) is 10.5. The maximum absolute atomic E-state index is 12.0. The van der Waals surface area contributed by atoms with E-state index in [0.29, 0.717) is 18.8 Å². The van der Waals surface area contributed by atoms with Gasteiger partial charge in [-0.25, -0.2) is 0 Å². The van der Waals surface area contributed by atoms with E-state index in [-0.39, 0.29) is 5.91 Å². The zero-order valence-corrected chi connectivity index (χ0v) is 11.3. The van der Waals surface area contributed by atoms with Crippen LogP contribution in [0.1, 0.15) is 27.3 Å². The first-order valence-corrected chi connectivity index (χ1v) is 6.30. The van der Waals surface area contributed by atoms with Crippen LogP contribution in [0, 0.1) is 6.92 Å². The number of aromatic nitrogens is 1. The van der Waals surface area contributed by atoms with Crippen molar-refractivity contribution in [2.24, 2.45) is 12.8 Å². The van der Waals surface area contributed by atoms with E-state index in [1.807, 2.05) is 54.9 Å². The number of nitrogens with zero attached hydrogens (tertiary/aromatic N) is 1. The molecule has 100 valence electrons. The van der Waals surface area contributed by atoms with Crippen molar-refractivity contribution in [3.8, 4) is 0 Å². The van der Waals surface area contributed by atoms with Crippen LogP contribution in [0.2, 0.25) is 0 Å². The van der Waals surface area contributed by atoms with Crippen molar-refractivity contribution in [2.75, 3.05) is 0 Å². The first-order chi connectivity index (χ1) is 9.11. The molecule has 0 aliphatic rings. The van der Waals surface area contributed by atoms with Crippen LogP contribution in [0.5, 0.6) is 0 Å². The van der Waals surface area contributed by atoms with Gasteiger partial charge in [0.05, 0.1) is 0 Å². The van der Waals surface area contributed by atoms with Gasteiger partial charge in [0, 0.05) is 25.8 Å². The molecule has 0 aliphatic heterocycles. The first kappa shape index (κ1) is 13.4. The Bertz CT molecular complexity index is 570. The molecule has 0 aliphatic carbocycles. The maximum atomic E-state index is 12.0. The molecule has 1 aromatic heterocycles. The molecule has 2 aromatic rings. The molecule has 19 heavy (non-hydrogen) atoms. The van der Waals surface area contributed by atoms with Crippen molar-refractivity contribution in [1.29, 1.82) is 0 Å². The van der Waals surface area contributed by atoms with Crippen LogP contribution in [0.3, 0.4) is 0 Å². The van der Waals surface area contributed by atoms with E-state index in [1.54, 1.807) is 0 Å². The van der Waals surface area contributed by atoms with Crippen molar-refractivity contribution in [1.82, 2.24) is 9.88 Å². The summed E-state index contributed by atoms with van der Waals surface area (Å²) in [5, 5.41) is 2.92. The van der Waals surface area contributed by atoms with E-state index < -0.39 is 0 Å². The Hall–Kier alpha value is -2.07. The second-order valence-corrected chi connectivity index (χ2v) is 4.62. The lowest BCUT2D eigenvalue weighted by molar-refractivity contribution is 0.0942. The van der Waals surface area contributed by atoms with Crippen LogP contribution in [-0.2, 0) is 20.1 Å². The Balaban J connectivity index is 1.98. The topological polar surface area (TPSA) is 60.1 Å². The molecule has 0 saturated heterocycles. The molecule has 0 spiro atoms. The van der Waals surface area contributed by atoms with Crippen LogP contribution >= 0.6 is 0 Å². The summed E-state index contributed by atoms with van der Waals surface area (Å²) in [4.78, 5) is 12.0. The minimum Gasteiger partial charge on any atom is -0.347 e. The predicted octanol–water partition coefficient (Wildman–Crippen LogP) is 1.72. The number of benzene rings is 1. The molecule has 1 amide bonds. The fourth-order valence-corrected chi connectivity index (χ4v) is 1.91. The summed E-state index contributed by atoms with van der Waals surface area (Å²) >= 11 is 0. The number of hydrogen-bond acceptors (Lipinski definition) is 2. The number of amides is 1. The quantitative estimate of drug-likeness (QED) is 0.876. The Morgan fingerprint density at radius 1 is 1.16 bits per heavy atom. The number of carbonyl (C=O) groups excluding carboxylic acids is 1. The molecule has 0 atom stereocenters. The molecular weight excluding hydrogens is 238 g/mol. The van der Waals surface area contributed by atoms with Crippen molar-refractivity contribution >= 4 is 5.91 Å². The number of nitrogens with one attached hydrogen (secondary N) is 1. The maximum Gasteiger partial charge on any atom is 0.268 e. The summed E-state index contributed by atoms with van der Waals surface area (Å²) in [6.45, 7) is 3.03. The van der Waals surface area contributed by atoms with Gasteiger partial charge < -0.3 is 15.6 Å². The fraction of sp³-hybridized carbons (Fsp3) is 0.267. The van der Waals surface area contributed by atoms with Crippen molar-refractivity contribution in [3.05, 3.63) is 58.9 Å². The van der Waals surface area contributed by atoms with Crippen LogP contribution in [0.25, 0.3) is 0 Å².